The van der Waals surface area contributed by atoms with Crippen LogP contribution in [0.3, 0.4) is 0 Å². The molecular weight excluding hydrogens is 168 g/mol. The Morgan fingerprint density at radius 1 is 1.23 bits per heavy atom. The Bertz CT molecular complexity index is 175. The molecule has 0 aromatic rings. The molecule has 0 aliphatic heterocycles. The molecule has 0 bridgehead atoms. The van der Waals surface area contributed by atoms with Crippen LogP contribution < -0.4 is 0 Å². The van der Waals surface area contributed by atoms with Gasteiger partial charge in [-0.15, -0.1) is 0 Å². The second-order valence-corrected chi connectivity index (χ2v) is 3.50. The normalized spacial score (nSPS) is 12.5. The predicted molar refractivity (Wildman–Crippen MR) is 50.6 cm³/mol. The van der Waals surface area contributed by atoms with E-state index in [2.05, 4.69) is 0 Å². The molecule has 0 aromatic heterocycles. The number of unbranched alkanes of at least 4 members (excludes halogenated alkanes) is 2. The van der Waals surface area contributed by atoms with E-state index in [9.17, 15) is 9.59 Å². The molecule has 0 rings (SSSR count). The van der Waals surface area contributed by atoms with Gasteiger partial charge in [0.2, 0.25) is 0 Å². The van der Waals surface area contributed by atoms with E-state index in [-0.39, 0.29) is 18.1 Å². The summed E-state index contributed by atoms with van der Waals surface area (Å²) in [6.07, 6.45) is 3.71. The van der Waals surface area contributed by atoms with E-state index in [1.165, 1.54) is 0 Å². The number of carbonyl (C=O) groups is 2. The Kier molecular flexibility index (Phi) is 6.20. The summed E-state index contributed by atoms with van der Waals surface area (Å²) in [6.45, 7) is 3.52. The average Bonchev–Trinajstić information content (AvgIpc) is 2.02. The fourth-order valence-electron chi connectivity index (χ4n) is 1.11. The zero-order valence-corrected chi connectivity index (χ0v) is 8.38. The molecule has 1 N–H and O–H groups in total. The van der Waals surface area contributed by atoms with Crippen molar-refractivity contribution in [3.05, 3.63) is 0 Å². The number of carboxylic acid groups (broad SMARTS) is 1. The lowest BCUT2D eigenvalue weighted by Crippen LogP contribution is -2.05. The molecule has 3 nitrogen and oxygen atoms in total. The van der Waals surface area contributed by atoms with Crippen LogP contribution in [0.25, 0.3) is 0 Å². The van der Waals surface area contributed by atoms with Gasteiger partial charge in [-0.3, -0.25) is 9.59 Å². The molecule has 0 aromatic carbocycles. The van der Waals surface area contributed by atoms with Gasteiger partial charge in [0, 0.05) is 12.3 Å². The molecule has 0 unspecified atom stereocenters. The molecule has 0 spiro atoms. The second-order valence-electron chi connectivity index (χ2n) is 3.50. The van der Waals surface area contributed by atoms with Crippen LogP contribution in [0.2, 0.25) is 0 Å². The number of rotatable bonds is 7. The Balaban J connectivity index is 3.26. The second kappa shape index (κ2) is 6.63. The van der Waals surface area contributed by atoms with Crippen LogP contribution in [0.4, 0.5) is 0 Å². The molecule has 76 valence electrons. The Hall–Kier alpha value is -0.860. The van der Waals surface area contributed by atoms with E-state index in [1.54, 1.807) is 6.92 Å². The summed E-state index contributed by atoms with van der Waals surface area (Å²) < 4.78 is 0. The van der Waals surface area contributed by atoms with Crippen molar-refractivity contribution in [3.63, 3.8) is 0 Å². The first-order valence-electron chi connectivity index (χ1n) is 4.76. The Morgan fingerprint density at radius 3 is 2.31 bits per heavy atom. The van der Waals surface area contributed by atoms with Crippen molar-refractivity contribution in [1.29, 1.82) is 0 Å². The lowest BCUT2D eigenvalue weighted by atomic mass is 9.99. The van der Waals surface area contributed by atoms with Gasteiger partial charge in [0.15, 0.2) is 0 Å². The molecule has 1 atom stereocenters. The van der Waals surface area contributed by atoms with Crippen molar-refractivity contribution >= 4 is 11.8 Å². The highest BCUT2D eigenvalue weighted by Crippen LogP contribution is 2.10. The molecular formula is C10H18O3. The van der Waals surface area contributed by atoms with Gasteiger partial charge >= 0.3 is 5.97 Å². The van der Waals surface area contributed by atoms with Gasteiger partial charge in [-0.1, -0.05) is 19.8 Å². The predicted octanol–water partition coefficient (Wildman–Crippen LogP) is 2.25. The third-order valence-corrected chi connectivity index (χ3v) is 2.22. The van der Waals surface area contributed by atoms with Crippen molar-refractivity contribution in [1.82, 2.24) is 0 Å². The minimum absolute atomic E-state index is 0.129. The van der Waals surface area contributed by atoms with E-state index >= 15 is 0 Å². The van der Waals surface area contributed by atoms with Crippen molar-refractivity contribution in [2.24, 2.45) is 5.92 Å². The summed E-state index contributed by atoms with van der Waals surface area (Å²) in [5, 5.41) is 8.36. The molecule has 3 heteroatoms. The van der Waals surface area contributed by atoms with Gasteiger partial charge in [-0.05, 0) is 19.8 Å². The van der Waals surface area contributed by atoms with E-state index in [0.29, 0.717) is 0 Å². The van der Waals surface area contributed by atoms with Crippen molar-refractivity contribution in [3.8, 4) is 0 Å². The molecule has 0 saturated carbocycles. The quantitative estimate of drug-likeness (QED) is 0.620. The van der Waals surface area contributed by atoms with Crippen LogP contribution in [-0.4, -0.2) is 16.9 Å². The van der Waals surface area contributed by atoms with Crippen LogP contribution >= 0.6 is 0 Å². The topological polar surface area (TPSA) is 54.4 Å². The van der Waals surface area contributed by atoms with Crippen molar-refractivity contribution in [2.45, 2.75) is 46.0 Å². The van der Waals surface area contributed by atoms with Crippen LogP contribution in [-0.2, 0) is 9.59 Å². The fraction of sp³-hybridized carbons (Fsp3) is 0.800. The lowest BCUT2D eigenvalue weighted by molar-refractivity contribution is -0.137. The number of aliphatic carboxylic acids is 1. The first-order chi connectivity index (χ1) is 6.04. The highest BCUT2D eigenvalue weighted by molar-refractivity contribution is 5.77. The monoisotopic (exact) mass is 186 g/mol. The standard InChI is InChI=1S/C10H18O3/c1-8(9(2)11)6-4-3-5-7-10(12)13/h8H,3-7H2,1-2H3,(H,12,13)/t8-/m0/s1. The van der Waals surface area contributed by atoms with Crippen LogP contribution in [0.5, 0.6) is 0 Å². The highest BCUT2D eigenvalue weighted by Gasteiger charge is 2.06. The van der Waals surface area contributed by atoms with Gasteiger partial charge in [-0.2, -0.15) is 0 Å². The first-order valence-corrected chi connectivity index (χ1v) is 4.76. The van der Waals surface area contributed by atoms with Crippen LogP contribution in [0.15, 0.2) is 0 Å². The number of carboxylic acids is 1. The molecule has 0 radical (unpaired) electrons. The minimum atomic E-state index is -0.736. The smallest absolute Gasteiger partial charge is 0.303 e. The van der Waals surface area contributed by atoms with E-state index < -0.39 is 5.97 Å². The molecule has 0 heterocycles. The third-order valence-electron chi connectivity index (χ3n) is 2.22. The number of Topliss-reactive ketones (excluding diaryl/α,β-unsaturated/α-hetero) is 1. The summed E-state index contributed by atoms with van der Waals surface area (Å²) in [5.74, 6) is -0.386. The number of ketones is 1. The van der Waals surface area contributed by atoms with E-state index in [1.807, 2.05) is 6.92 Å². The zero-order valence-electron chi connectivity index (χ0n) is 8.38. The minimum Gasteiger partial charge on any atom is -0.481 e. The maximum Gasteiger partial charge on any atom is 0.303 e. The SMILES string of the molecule is CC(=O)[C@@H](C)CCCCCC(=O)O. The van der Waals surface area contributed by atoms with E-state index in [0.717, 1.165) is 25.7 Å². The van der Waals surface area contributed by atoms with Gasteiger partial charge < -0.3 is 5.11 Å². The maximum atomic E-state index is 10.8. The zero-order chi connectivity index (χ0) is 10.3. The Morgan fingerprint density at radius 2 is 1.85 bits per heavy atom. The molecule has 0 aliphatic rings. The summed E-state index contributed by atoms with van der Waals surface area (Å²) in [7, 11) is 0. The fourth-order valence-corrected chi connectivity index (χ4v) is 1.11. The van der Waals surface area contributed by atoms with Crippen molar-refractivity contribution < 1.29 is 14.7 Å². The summed E-state index contributed by atoms with van der Waals surface area (Å²) in [6, 6.07) is 0. The summed E-state index contributed by atoms with van der Waals surface area (Å²) in [5.41, 5.74) is 0. The van der Waals surface area contributed by atoms with Gasteiger partial charge in [0.1, 0.15) is 5.78 Å². The molecule has 0 amide bonds. The van der Waals surface area contributed by atoms with E-state index in [4.69, 9.17) is 5.11 Å². The first kappa shape index (κ1) is 12.1. The van der Waals surface area contributed by atoms with Gasteiger partial charge in [0.25, 0.3) is 0 Å². The third kappa shape index (κ3) is 7.50. The molecule has 0 saturated heterocycles. The average molecular weight is 186 g/mol. The van der Waals surface area contributed by atoms with Crippen molar-refractivity contribution in [2.75, 3.05) is 0 Å². The number of hydrogen-bond acceptors (Lipinski definition) is 2. The molecule has 13 heavy (non-hydrogen) atoms. The Labute approximate surface area is 79.1 Å². The summed E-state index contributed by atoms with van der Waals surface area (Å²) in [4.78, 5) is 21.0. The highest BCUT2D eigenvalue weighted by atomic mass is 16.4. The maximum absolute atomic E-state index is 10.8. The number of hydrogen-bond donors (Lipinski definition) is 1. The van der Waals surface area contributed by atoms with Crippen LogP contribution in [0.1, 0.15) is 46.0 Å². The summed E-state index contributed by atoms with van der Waals surface area (Å²) >= 11 is 0. The van der Waals surface area contributed by atoms with Gasteiger partial charge in [-0.25, -0.2) is 0 Å². The number of carbonyl (C=O) groups excluding carboxylic acids is 1. The lowest BCUT2D eigenvalue weighted by Gasteiger charge is -2.05. The van der Waals surface area contributed by atoms with Crippen LogP contribution in [0, 0.1) is 5.92 Å². The molecule has 0 fully saturated rings. The van der Waals surface area contributed by atoms with Gasteiger partial charge in [0.05, 0.1) is 0 Å². The molecule has 0 aliphatic carbocycles. The largest absolute Gasteiger partial charge is 0.481 e.